The highest BCUT2D eigenvalue weighted by Gasteiger charge is 2.27. The molecule has 0 atom stereocenters. The maximum Gasteiger partial charge on any atom is 0.306 e. The first kappa shape index (κ1) is 16.2. The molecule has 2 aliphatic rings. The average Bonchev–Trinajstić information content (AvgIpc) is 3.08. The highest BCUT2D eigenvalue weighted by atomic mass is 16.5. The van der Waals surface area contributed by atoms with E-state index in [0.717, 1.165) is 50.0 Å². The minimum absolute atomic E-state index is 0.168. The molecular weight excluding hydrogens is 292 g/mol. The van der Waals surface area contributed by atoms with Crippen molar-refractivity contribution in [3.8, 4) is 11.5 Å². The van der Waals surface area contributed by atoms with Gasteiger partial charge in [-0.15, -0.1) is 0 Å². The molecule has 0 unspecified atom stereocenters. The molecule has 1 aromatic rings. The summed E-state index contributed by atoms with van der Waals surface area (Å²) in [7, 11) is 1.68. The number of carboxylic acid groups (broad SMARTS) is 1. The molecule has 0 bridgehead atoms. The molecular formula is C19H26O4. The zero-order chi connectivity index (χ0) is 16.2. The van der Waals surface area contributed by atoms with Crippen molar-refractivity contribution in [2.24, 2.45) is 5.92 Å². The Bertz CT molecular complexity index is 540. The number of methoxy groups -OCH3 is 1. The Morgan fingerprint density at radius 3 is 2.35 bits per heavy atom. The fourth-order valence-electron chi connectivity index (χ4n) is 3.90. The van der Waals surface area contributed by atoms with Crippen molar-refractivity contribution < 1.29 is 19.4 Å². The van der Waals surface area contributed by atoms with Crippen LogP contribution in [0.2, 0.25) is 0 Å². The second-order valence-electron chi connectivity index (χ2n) is 6.82. The van der Waals surface area contributed by atoms with E-state index in [0.29, 0.717) is 12.0 Å². The highest BCUT2D eigenvalue weighted by Crippen LogP contribution is 2.40. The van der Waals surface area contributed by atoms with E-state index < -0.39 is 5.97 Å². The standard InChI is InChI=1S/C19H26O4/c1-22-17-11-10-15(12-18(17)23-16-4-2-3-5-16)13-6-8-14(9-7-13)19(20)21/h10-14,16H,2-9H2,1H3,(H,20,21). The summed E-state index contributed by atoms with van der Waals surface area (Å²) < 4.78 is 11.6. The third-order valence-corrected chi connectivity index (χ3v) is 5.33. The molecule has 1 N–H and O–H groups in total. The van der Waals surface area contributed by atoms with Crippen molar-refractivity contribution in [1.82, 2.24) is 0 Å². The summed E-state index contributed by atoms with van der Waals surface area (Å²) in [5, 5.41) is 9.13. The van der Waals surface area contributed by atoms with Gasteiger partial charge in [0.15, 0.2) is 11.5 Å². The van der Waals surface area contributed by atoms with Gasteiger partial charge in [0.05, 0.1) is 19.1 Å². The van der Waals surface area contributed by atoms with Crippen LogP contribution in [-0.4, -0.2) is 24.3 Å². The maximum absolute atomic E-state index is 11.1. The molecule has 0 heterocycles. The van der Waals surface area contributed by atoms with Gasteiger partial charge in [0.1, 0.15) is 0 Å². The van der Waals surface area contributed by atoms with Crippen LogP contribution in [0.5, 0.6) is 11.5 Å². The molecule has 0 amide bonds. The Kier molecular flexibility index (Phi) is 5.09. The molecule has 2 fully saturated rings. The lowest BCUT2D eigenvalue weighted by Crippen LogP contribution is -2.20. The van der Waals surface area contributed by atoms with Crippen molar-refractivity contribution in [3.05, 3.63) is 23.8 Å². The van der Waals surface area contributed by atoms with E-state index in [2.05, 4.69) is 12.1 Å². The fraction of sp³-hybridized carbons (Fsp3) is 0.632. The largest absolute Gasteiger partial charge is 0.493 e. The van der Waals surface area contributed by atoms with Crippen LogP contribution in [0.1, 0.15) is 62.8 Å². The van der Waals surface area contributed by atoms with E-state index in [4.69, 9.17) is 14.6 Å². The fourth-order valence-corrected chi connectivity index (χ4v) is 3.90. The van der Waals surface area contributed by atoms with Crippen LogP contribution in [0.25, 0.3) is 0 Å². The molecule has 23 heavy (non-hydrogen) atoms. The van der Waals surface area contributed by atoms with Gasteiger partial charge in [-0.05, 0) is 75.0 Å². The number of aliphatic carboxylic acids is 1. The van der Waals surface area contributed by atoms with Gasteiger partial charge in [-0.25, -0.2) is 0 Å². The Hall–Kier alpha value is -1.71. The van der Waals surface area contributed by atoms with Gasteiger partial charge in [-0.1, -0.05) is 6.07 Å². The zero-order valence-corrected chi connectivity index (χ0v) is 13.8. The third kappa shape index (κ3) is 3.80. The lowest BCUT2D eigenvalue weighted by atomic mass is 9.78. The average molecular weight is 318 g/mol. The molecule has 2 aliphatic carbocycles. The predicted octanol–water partition coefficient (Wildman–Crippen LogP) is 4.38. The van der Waals surface area contributed by atoms with E-state index in [-0.39, 0.29) is 5.92 Å². The summed E-state index contributed by atoms with van der Waals surface area (Å²) in [6.45, 7) is 0. The normalized spacial score (nSPS) is 25.3. The molecule has 0 radical (unpaired) electrons. The second kappa shape index (κ2) is 7.24. The Labute approximate surface area is 137 Å². The molecule has 126 valence electrons. The monoisotopic (exact) mass is 318 g/mol. The van der Waals surface area contributed by atoms with E-state index in [1.807, 2.05) is 6.07 Å². The van der Waals surface area contributed by atoms with Crippen molar-refractivity contribution >= 4 is 5.97 Å². The van der Waals surface area contributed by atoms with Crippen LogP contribution in [0.15, 0.2) is 18.2 Å². The van der Waals surface area contributed by atoms with E-state index in [1.165, 1.54) is 18.4 Å². The lowest BCUT2D eigenvalue weighted by Gasteiger charge is -2.27. The van der Waals surface area contributed by atoms with Gasteiger partial charge in [0, 0.05) is 0 Å². The molecule has 3 rings (SSSR count). The summed E-state index contributed by atoms with van der Waals surface area (Å²) in [5.41, 5.74) is 1.25. The van der Waals surface area contributed by atoms with Crippen LogP contribution in [-0.2, 0) is 4.79 Å². The van der Waals surface area contributed by atoms with Crippen molar-refractivity contribution in [2.45, 2.75) is 63.4 Å². The first-order chi connectivity index (χ1) is 11.2. The van der Waals surface area contributed by atoms with Gasteiger partial charge in [0.2, 0.25) is 0 Å². The summed E-state index contributed by atoms with van der Waals surface area (Å²) in [6, 6.07) is 6.21. The first-order valence-electron chi connectivity index (χ1n) is 8.74. The Morgan fingerprint density at radius 2 is 1.74 bits per heavy atom. The van der Waals surface area contributed by atoms with Crippen LogP contribution < -0.4 is 9.47 Å². The van der Waals surface area contributed by atoms with Crippen LogP contribution in [0.4, 0.5) is 0 Å². The summed E-state index contributed by atoms with van der Waals surface area (Å²) in [4.78, 5) is 11.1. The number of rotatable bonds is 5. The molecule has 0 aliphatic heterocycles. The van der Waals surface area contributed by atoms with E-state index in [1.54, 1.807) is 7.11 Å². The zero-order valence-electron chi connectivity index (χ0n) is 13.8. The molecule has 0 aromatic heterocycles. The SMILES string of the molecule is COc1ccc(C2CCC(C(=O)O)CC2)cc1OC1CCCC1. The summed E-state index contributed by atoms with van der Waals surface area (Å²) >= 11 is 0. The second-order valence-corrected chi connectivity index (χ2v) is 6.82. The Balaban J connectivity index is 1.71. The molecule has 0 saturated heterocycles. The van der Waals surface area contributed by atoms with Gasteiger partial charge in [-0.3, -0.25) is 4.79 Å². The van der Waals surface area contributed by atoms with E-state index in [9.17, 15) is 4.79 Å². The summed E-state index contributed by atoms with van der Waals surface area (Å²) in [6.07, 6.45) is 8.45. The molecule has 4 nitrogen and oxygen atoms in total. The van der Waals surface area contributed by atoms with Crippen molar-refractivity contribution in [2.75, 3.05) is 7.11 Å². The predicted molar refractivity (Wildman–Crippen MR) is 88.2 cm³/mol. The topological polar surface area (TPSA) is 55.8 Å². The van der Waals surface area contributed by atoms with Crippen molar-refractivity contribution in [3.63, 3.8) is 0 Å². The van der Waals surface area contributed by atoms with Crippen molar-refractivity contribution in [1.29, 1.82) is 0 Å². The first-order valence-corrected chi connectivity index (χ1v) is 8.74. The minimum atomic E-state index is -0.650. The minimum Gasteiger partial charge on any atom is -0.493 e. The third-order valence-electron chi connectivity index (χ3n) is 5.33. The van der Waals surface area contributed by atoms with Gasteiger partial charge >= 0.3 is 5.97 Å². The number of carbonyl (C=O) groups is 1. The molecule has 0 spiro atoms. The number of hydrogen-bond donors (Lipinski definition) is 1. The molecule has 1 aromatic carbocycles. The summed E-state index contributed by atoms with van der Waals surface area (Å²) in [5.74, 6) is 1.25. The quantitative estimate of drug-likeness (QED) is 0.875. The van der Waals surface area contributed by atoms with Crippen LogP contribution in [0.3, 0.4) is 0 Å². The number of benzene rings is 1. The van der Waals surface area contributed by atoms with Gasteiger partial charge in [0.25, 0.3) is 0 Å². The highest BCUT2D eigenvalue weighted by molar-refractivity contribution is 5.70. The van der Waals surface area contributed by atoms with Crippen LogP contribution >= 0.6 is 0 Å². The van der Waals surface area contributed by atoms with Gasteiger partial charge in [-0.2, -0.15) is 0 Å². The molecule has 4 heteroatoms. The Morgan fingerprint density at radius 1 is 1.04 bits per heavy atom. The smallest absolute Gasteiger partial charge is 0.306 e. The lowest BCUT2D eigenvalue weighted by molar-refractivity contribution is -0.142. The number of ether oxygens (including phenoxy) is 2. The van der Waals surface area contributed by atoms with Crippen LogP contribution in [0, 0.1) is 5.92 Å². The van der Waals surface area contributed by atoms with E-state index >= 15 is 0 Å². The number of carboxylic acids is 1. The number of hydrogen-bond acceptors (Lipinski definition) is 3. The van der Waals surface area contributed by atoms with Gasteiger partial charge < -0.3 is 14.6 Å². The molecule has 2 saturated carbocycles. The maximum atomic E-state index is 11.1.